The summed E-state index contributed by atoms with van der Waals surface area (Å²) in [6.45, 7) is 5.84. The van der Waals surface area contributed by atoms with E-state index in [-0.39, 0.29) is 23.7 Å². The second kappa shape index (κ2) is 10.2. The molecule has 0 aliphatic rings. The second-order valence-electron chi connectivity index (χ2n) is 7.95. The minimum absolute atomic E-state index is 0.115. The number of nitrogens with one attached hydrogen (secondary N) is 1. The van der Waals surface area contributed by atoms with E-state index in [1.54, 1.807) is 22.9 Å². The van der Waals surface area contributed by atoms with Gasteiger partial charge in [-0.2, -0.15) is 0 Å². The van der Waals surface area contributed by atoms with Crippen molar-refractivity contribution < 1.29 is 13.9 Å². The quantitative estimate of drug-likeness (QED) is 0.308. The van der Waals surface area contributed by atoms with Crippen molar-refractivity contribution in [2.75, 3.05) is 5.32 Å². The minimum Gasteiger partial charge on any atom is -0.491 e. The van der Waals surface area contributed by atoms with E-state index in [4.69, 9.17) is 4.74 Å². The van der Waals surface area contributed by atoms with Gasteiger partial charge in [0.1, 0.15) is 17.1 Å². The van der Waals surface area contributed by atoms with Gasteiger partial charge in [0, 0.05) is 21.6 Å². The van der Waals surface area contributed by atoms with Gasteiger partial charge in [-0.05, 0) is 73.5 Å². The molecule has 1 N–H and O–H groups in total. The van der Waals surface area contributed by atoms with Gasteiger partial charge >= 0.3 is 0 Å². The Morgan fingerprint density at radius 2 is 1.85 bits per heavy atom. The van der Waals surface area contributed by atoms with E-state index in [1.807, 2.05) is 63.2 Å². The summed E-state index contributed by atoms with van der Waals surface area (Å²) in [5, 5.41) is 10.9. The van der Waals surface area contributed by atoms with Crippen LogP contribution in [-0.2, 0) is 4.79 Å². The van der Waals surface area contributed by atoms with E-state index in [2.05, 4.69) is 15.5 Å². The van der Waals surface area contributed by atoms with Crippen LogP contribution >= 0.6 is 22.7 Å². The molecular formula is C25H24FN3O2S2. The molecule has 0 bridgehead atoms. The molecule has 5 nitrogen and oxygen atoms in total. The fourth-order valence-corrected chi connectivity index (χ4v) is 5.34. The molecule has 4 rings (SSSR count). The van der Waals surface area contributed by atoms with Gasteiger partial charge in [0.15, 0.2) is 0 Å². The van der Waals surface area contributed by atoms with Gasteiger partial charge in [-0.3, -0.25) is 4.79 Å². The lowest BCUT2D eigenvalue weighted by atomic mass is 9.85. The van der Waals surface area contributed by atoms with Gasteiger partial charge in [-0.25, -0.2) is 4.39 Å². The van der Waals surface area contributed by atoms with Crippen LogP contribution in [-0.4, -0.2) is 22.2 Å². The first kappa shape index (κ1) is 23.1. The number of carbonyl (C=O) groups excluding carboxylic acids is 1. The molecule has 0 saturated heterocycles. The molecule has 0 aliphatic carbocycles. The van der Waals surface area contributed by atoms with Crippen molar-refractivity contribution in [1.29, 1.82) is 0 Å². The van der Waals surface area contributed by atoms with Crippen molar-refractivity contribution in [1.82, 2.24) is 10.2 Å². The number of amides is 1. The lowest BCUT2D eigenvalue weighted by Gasteiger charge is -2.22. The average molecular weight is 482 g/mol. The summed E-state index contributed by atoms with van der Waals surface area (Å²) in [6.07, 6.45) is 0.115. The number of halogens is 1. The predicted octanol–water partition coefficient (Wildman–Crippen LogP) is 6.60. The van der Waals surface area contributed by atoms with Crippen molar-refractivity contribution in [2.24, 2.45) is 5.92 Å². The van der Waals surface area contributed by atoms with E-state index in [1.165, 1.54) is 23.5 Å². The van der Waals surface area contributed by atoms with Crippen LogP contribution < -0.4 is 10.1 Å². The number of benzene rings is 2. The average Bonchev–Trinajstić information content (AvgIpc) is 3.47. The van der Waals surface area contributed by atoms with Crippen molar-refractivity contribution in [3.63, 3.8) is 0 Å². The molecule has 8 heteroatoms. The Kier molecular flexibility index (Phi) is 7.15. The molecular weight excluding hydrogens is 457 g/mol. The summed E-state index contributed by atoms with van der Waals surface area (Å²) >= 11 is 2.86. The second-order valence-corrected chi connectivity index (χ2v) is 9.90. The third-order valence-electron chi connectivity index (χ3n) is 5.16. The van der Waals surface area contributed by atoms with Crippen LogP contribution in [0, 0.1) is 11.7 Å². The number of rotatable bonds is 8. The first-order valence-electron chi connectivity index (χ1n) is 10.6. The van der Waals surface area contributed by atoms with Gasteiger partial charge in [0.2, 0.25) is 11.0 Å². The number of carbonyl (C=O) groups is 1. The topological polar surface area (TPSA) is 64.1 Å². The molecule has 170 valence electrons. The number of hydrogen-bond donors (Lipinski definition) is 1. The molecule has 0 aliphatic heterocycles. The van der Waals surface area contributed by atoms with Crippen LogP contribution in [0.15, 0.2) is 66.2 Å². The molecule has 0 spiro atoms. The van der Waals surface area contributed by atoms with Crippen molar-refractivity contribution in [3.8, 4) is 16.2 Å². The van der Waals surface area contributed by atoms with Crippen molar-refractivity contribution in [2.45, 2.75) is 32.8 Å². The molecule has 1 amide bonds. The highest BCUT2D eigenvalue weighted by Gasteiger charge is 2.29. The maximum Gasteiger partial charge on any atom is 0.230 e. The Balaban J connectivity index is 1.63. The smallest absolute Gasteiger partial charge is 0.230 e. The van der Waals surface area contributed by atoms with Crippen molar-refractivity contribution in [3.05, 3.63) is 82.4 Å². The van der Waals surface area contributed by atoms with Gasteiger partial charge < -0.3 is 10.1 Å². The first-order valence-corrected chi connectivity index (χ1v) is 12.3. The molecule has 2 aromatic heterocycles. The van der Waals surface area contributed by atoms with Gasteiger partial charge in [-0.15, -0.1) is 21.5 Å². The van der Waals surface area contributed by atoms with E-state index >= 15 is 0 Å². The summed E-state index contributed by atoms with van der Waals surface area (Å²) in [4.78, 5) is 15.1. The van der Waals surface area contributed by atoms with E-state index in [9.17, 15) is 9.18 Å². The third-order valence-corrected chi connectivity index (χ3v) is 6.98. The zero-order valence-electron chi connectivity index (χ0n) is 18.5. The molecule has 0 saturated carbocycles. The van der Waals surface area contributed by atoms with Gasteiger partial charge in [-0.1, -0.05) is 30.4 Å². The number of hydrogen-bond acceptors (Lipinski definition) is 6. The molecule has 0 fully saturated rings. The predicted molar refractivity (Wildman–Crippen MR) is 131 cm³/mol. The van der Waals surface area contributed by atoms with Gasteiger partial charge in [0.05, 0.1) is 6.10 Å². The van der Waals surface area contributed by atoms with Crippen LogP contribution in [0.3, 0.4) is 0 Å². The fraction of sp³-hybridized carbons (Fsp3) is 0.240. The summed E-state index contributed by atoms with van der Waals surface area (Å²) in [7, 11) is 0. The molecule has 0 unspecified atom stereocenters. The molecule has 33 heavy (non-hydrogen) atoms. The molecule has 2 atom stereocenters. The Bertz CT molecular complexity index is 1210. The molecule has 2 aromatic carbocycles. The first-order chi connectivity index (χ1) is 15.9. The van der Waals surface area contributed by atoms with Crippen LogP contribution in [0.2, 0.25) is 0 Å². The Hall–Kier alpha value is -3.10. The lowest BCUT2D eigenvalue weighted by molar-refractivity contribution is -0.119. The number of thiophene rings is 1. The monoisotopic (exact) mass is 481 g/mol. The minimum atomic E-state index is -0.455. The summed E-state index contributed by atoms with van der Waals surface area (Å²) in [6, 6.07) is 18.5. The Labute approximate surface area is 200 Å². The van der Waals surface area contributed by atoms with Crippen LogP contribution in [0.25, 0.3) is 10.4 Å². The summed E-state index contributed by atoms with van der Waals surface area (Å²) in [5.41, 5.74) is 3.38. The third kappa shape index (κ3) is 5.64. The maximum absolute atomic E-state index is 14.1. The van der Waals surface area contributed by atoms with Gasteiger partial charge in [0.25, 0.3) is 0 Å². The fourth-order valence-electron chi connectivity index (χ4n) is 3.64. The lowest BCUT2D eigenvalue weighted by Crippen LogP contribution is -2.26. The standard InChI is InChI=1S/C25H24FN3O2S2/c1-15(2)31-20-9-7-17(8-10-20)21-11-12-22(33-21)23(18-5-4-6-19(26)13-18)16(3)24(30)28-25-29-27-14-32-25/h4-16,23H,1-3H3,(H,28,29,30)/t16-,23-/m1/s1. The molecule has 2 heterocycles. The van der Waals surface area contributed by atoms with Crippen LogP contribution in [0.5, 0.6) is 5.75 Å². The normalized spacial score (nSPS) is 13.0. The SMILES string of the molecule is CC(C)Oc1ccc(-c2ccc([C@@H](c3cccc(F)c3)[C@@H](C)C(=O)Nc3nncs3)s2)cc1. The Morgan fingerprint density at radius 3 is 2.52 bits per heavy atom. The van der Waals surface area contributed by atoms with Crippen LogP contribution in [0.1, 0.15) is 37.1 Å². The Morgan fingerprint density at radius 1 is 1.06 bits per heavy atom. The van der Waals surface area contributed by atoms with E-state index < -0.39 is 5.92 Å². The molecule has 4 aromatic rings. The maximum atomic E-state index is 14.1. The number of nitrogens with zero attached hydrogens (tertiary/aromatic N) is 2. The summed E-state index contributed by atoms with van der Waals surface area (Å²) in [5.74, 6) is -0.456. The zero-order chi connectivity index (χ0) is 23.4. The highest BCUT2D eigenvalue weighted by atomic mass is 32.1. The molecule has 0 radical (unpaired) electrons. The van der Waals surface area contributed by atoms with Crippen LogP contribution in [0.4, 0.5) is 9.52 Å². The largest absolute Gasteiger partial charge is 0.491 e. The highest BCUT2D eigenvalue weighted by Crippen LogP contribution is 2.40. The number of anilines is 1. The number of ether oxygens (including phenoxy) is 1. The van der Waals surface area contributed by atoms with E-state index in [0.717, 1.165) is 26.6 Å². The highest BCUT2D eigenvalue weighted by molar-refractivity contribution is 7.15. The van der Waals surface area contributed by atoms with Crippen molar-refractivity contribution >= 4 is 33.7 Å². The van der Waals surface area contributed by atoms with E-state index in [0.29, 0.717) is 5.13 Å². The summed E-state index contributed by atoms with van der Waals surface area (Å²) < 4.78 is 19.8. The zero-order valence-corrected chi connectivity index (χ0v) is 20.1. The number of aromatic nitrogens is 2.